The number of phenolic OH excluding ortho intramolecular Hbond substituents is 2. The van der Waals surface area contributed by atoms with Crippen LogP contribution < -0.4 is 44.0 Å². The summed E-state index contributed by atoms with van der Waals surface area (Å²) in [5, 5.41) is 30.7. The number of unbranched alkanes of at least 4 members (excludes halogenated alkanes) is 1. The summed E-state index contributed by atoms with van der Waals surface area (Å²) in [5.74, 6) is 3.03. The van der Waals surface area contributed by atoms with Crippen LogP contribution in [0.2, 0.25) is 16.6 Å². The summed E-state index contributed by atoms with van der Waals surface area (Å²) < 4.78 is 41.6. The maximum absolute atomic E-state index is 10.8. The minimum atomic E-state index is -3.08. The molecule has 0 bridgehead atoms. The zero-order chi connectivity index (χ0) is 76.0. The van der Waals surface area contributed by atoms with Crippen molar-refractivity contribution in [3.8, 4) is 23.0 Å². The Hall–Kier alpha value is -9.22. The van der Waals surface area contributed by atoms with Crippen molar-refractivity contribution in [2.75, 3.05) is 24.7 Å². The number of ether oxygens (including phenoxy) is 1. The second-order valence-electron chi connectivity index (χ2n) is 24.6. The fourth-order valence-electron chi connectivity index (χ4n) is 10.3. The van der Waals surface area contributed by atoms with Crippen molar-refractivity contribution in [3.05, 3.63) is 296 Å². The summed E-state index contributed by atoms with van der Waals surface area (Å²) in [6.07, 6.45) is 20.2. The first-order chi connectivity index (χ1) is 50.1. The van der Waals surface area contributed by atoms with Crippen molar-refractivity contribution in [3.63, 3.8) is 0 Å². The van der Waals surface area contributed by atoms with E-state index in [1.54, 1.807) is 48.5 Å². The van der Waals surface area contributed by atoms with Crippen LogP contribution in [0.25, 0.3) is 36.5 Å². The number of carbonyl (C=O) groups excluding carboxylic acids is 6. The molecule has 9 aromatic rings. The average molecular weight is 1490 g/mol. The quantitative estimate of drug-likeness (QED) is 0.00789. The minimum Gasteiger partial charge on any atom is -0.691 e. The molecule has 10 rings (SSSR count). The van der Waals surface area contributed by atoms with Crippen molar-refractivity contribution < 1.29 is 105 Å². The summed E-state index contributed by atoms with van der Waals surface area (Å²) in [4.78, 5) is 62.9. The van der Waals surface area contributed by atoms with E-state index in [0.29, 0.717) is 63.4 Å². The van der Waals surface area contributed by atoms with E-state index in [2.05, 4.69) is 86.3 Å². The summed E-state index contributed by atoms with van der Waals surface area (Å²) in [6.45, 7) is 18.6. The number of benzene rings is 9. The van der Waals surface area contributed by atoms with E-state index in [4.69, 9.17) is 19.4 Å². The van der Waals surface area contributed by atoms with Gasteiger partial charge in [-0.2, -0.15) is 12.8 Å². The number of phenols is 2. The normalized spacial score (nSPS) is 11.9. The molecule has 0 saturated carbocycles. The maximum Gasteiger partial charge on any atom is 1.00 e. The van der Waals surface area contributed by atoms with Gasteiger partial charge in [-0.25, -0.2) is 0 Å². The second kappa shape index (κ2) is 51.0. The number of carbonyl (C=O) groups is 6. The van der Waals surface area contributed by atoms with Gasteiger partial charge in [-0.3, -0.25) is 38.0 Å². The number of aryl methyl sites for hydroxylation is 2. The Morgan fingerprint density at radius 3 is 1.14 bits per heavy atom. The van der Waals surface area contributed by atoms with Crippen LogP contribution in [0.15, 0.2) is 218 Å². The van der Waals surface area contributed by atoms with Crippen molar-refractivity contribution >= 4 is 105 Å². The molecule has 1 fully saturated rings. The van der Waals surface area contributed by atoms with Crippen molar-refractivity contribution in [1.82, 2.24) is 0 Å². The Kier molecular flexibility index (Phi) is 43.8. The average Bonchev–Trinajstić information content (AvgIpc) is 0.794. The molecule has 0 atom stereocenters. The SMILES string of the molecule is CC(C)[Si](Oc1ccc(C=O)cc1)(C(C)C)C(C)C.Cc1ccc(/C=C/c2cccc(C=O)c2)cc1.Cc1cccc(C=O)c1.O=Cc1ccc(O)cc1.O=Cc1cccc(/C=C/c2ccc(O)cc2)c1.O=Cc1cccc(/C=C/c2ccc(OCCCCSOO[O-])cc2)c1.O=S1(=O)CCCCO1.[Na+]. The minimum absolute atomic E-state index is 0. The fraction of sp³-hybridized carbons (Fsp3) is 0.224. The van der Waals surface area contributed by atoms with Gasteiger partial charge in [-0.05, 0) is 187 Å². The zero-order valence-corrected chi connectivity index (χ0v) is 65.7. The Morgan fingerprint density at radius 1 is 0.438 bits per heavy atom. The van der Waals surface area contributed by atoms with Gasteiger partial charge in [-0.1, -0.05) is 210 Å². The summed E-state index contributed by atoms with van der Waals surface area (Å²) in [6, 6.07) is 66.4. The summed E-state index contributed by atoms with van der Waals surface area (Å²) in [5.41, 5.74) is 14.3. The van der Waals surface area contributed by atoms with E-state index in [9.17, 15) is 42.4 Å². The zero-order valence-electron chi connectivity index (χ0n) is 61.0. The van der Waals surface area contributed by atoms with Gasteiger partial charge in [0.05, 0.1) is 19.0 Å². The van der Waals surface area contributed by atoms with Crippen molar-refractivity contribution in [2.45, 2.75) is 97.7 Å². The van der Waals surface area contributed by atoms with Crippen molar-refractivity contribution in [2.24, 2.45) is 0 Å². The first kappa shape index (κ1) is 90.0. The molecule has 0 aliphatic carbocycles. The summed E-state index contributed by atoms with van der Waals surface area (Å²) >= 11 is 0.990. The van der Waals surface area contributed by atoms with E-state index in [-0.39, 0.29) is 46.8 Å². The third-order valence-electron chi connectivity index (χ3n) is 15.6. The molecule has 0 unspecified atom stereocenters. The van der Waals surface area contributed by atoms with Gasteiger partial charge in [0.1, 0.15) is 60.7 Å². The largest absolute Gasteiger partial charge is 1.00 e. The van der Waals surface area contributed by atoms with E-state index >= 15 is 0 Å². The molecule has 20 heteroatoms. The molecule has 0 aromatic heterocycles. The molecule has 546 valence electrons. The van der Waals surface area contributed by atoms with Gasteiger partial charge in [-0.15, -0.1) is 0 Å². The Morgan fingerprint density at radius 2 is 0.790 bits per heavy atom. The number of aromatic hydroxyl groups is 2. The van der Waals surface area contributed by atoms with Crippen LogP contribution >= 0.6 is 12.0 Å². The van der Waals surface area contributed by atoms with Gasteiger partial charge in [0.15, 0.2) is 0 Å². The smallest absolute Gasteiger partial charge is 0.691 e. The van der Waals surface area contributed by atoms with Gasteiger partial charge >= 0.3 is 29.6 Å². The van der Waals surface area contributed by atoms with Gasteiger partial charge in [0, 0.05) is 51.2 Å². The van der Waals surface area contributed by atoms with Crippen LogP contribution in [0.5, 0.6) is 23.0 Å². The van der Waals surface area contributed by atoms with Gasteiger partial charge < -0.3 is 24.6 Å². The molecule has 1 aliphatic rings. The Labute approximate surface area is 646 Å². The molecule has 1 aliphatic heterocycles. The topological polar surface area (TPSA) is 246 Å². The van der Waals surface area contributed by atoms with E-state index in [1.165, 1.54) is 17.7 Å². The molecule has 9 aromatic carbocycles. The van der Waals surface area contributed by atoms with E-state index < -0.39 is 18.4 Å². The predicted octanol–water partition coefficient (Wildman–Crippen LogP) is 16.2. The molecule has 0 amide bonds. The standard InChI is InChI=1S/C19H20O5S.C16H26O2Si.C16H14O.C15H12O2.C8H8O.C7H6O2.C4H8O3S.Na/c20-15-18-5-3-4-17(14-18)7-6-16-8-10-19(11-9-16)22-12-1-2-13-25-24-23-21;1-12(2)19(13(3)4,14(5)6)18-16-9-7-15(11-17)8-10-16;1-13-5-7-14(8-6-13)9-10-15-3-2-4-16(11-15)12-17;16-11-14-3-1-2-13(10-14)5-4-12-6-8-15(17)9-7-12;1-7-3-2-4-8(5-7)6-9;8-5-6-1-3-7(9)4-2-6;5-8(6)4-2-1-3-7-8;/h3-11,14-15,21H,1-2,12-13H2;7-14H,1-6H3;2-12H,1H3;1-11,17H;2-6H,1H3;1-5,9H;1-4H2;/q;;;;;;;+1/p-1/b7-6+;;10-9+;5-4+;;;;. The summed E-state index contributed by atoms with van der Waals surface area (Å²) in [7, 11) is -4.97. The van der Waals surface area contributed by atoms with Crippen LogP contribution in [0.3, 0.4) is 0 Å². The first-order valence-electron chi connectivity index (χ1n) is 33.8. The molecular formula is C85H93NaO16S2Si. The molecule has 2 N–H and O–H groups in total. The molecule has 16 nitrogen and oxygen atoms in total. The van der Waals surface area contributed by atoms with Crippen LogP contribution in [-0.4, -0.2) is 89.4 Å². The second-order valence-corrected chi connectivity index (χ2v) is 32.5. The van der Waals surface area contributed by atoms with Crippen LogP contribution in [0.4, 0.5) is 0 Å². The molecule has 1 saturated heterocycles. The molecule has 1 heterocycles. The molecule has 105 heavy (non-hydrogen) atoms. The van der Waals surface area contributed by atoms with Crippen molar-refractivity contribution in [1.29, 1.82) is 0 Å². The molecule has 0 spiro atoms. The molecular weight excluding hydrogens is 1390 g/mol. The van der Waals surface area contributed by atoms with Gasteiger partial charge in [0.25, 0.3) is 18.4 Å². The monoisotopic (exact) mass is 1480 g/mol. The first-order valence-corrected chi connectivity index (χ1v) is 38.4. The number of rotatable bonds is 25. The van der Waals surface area contributed by atoms with E-state index in [0.717, 1.165) is 131 Å². The predicted molar refractivity (Wildman–Crippen MR) is 420 cm³/mol. The third kappa shape index (κ3) is 36.4. The van der Waals surface area contributed by atoms with Crippen LogP contribution in [-0.2, 0) is 23.7 Å². The van der Waals surface area contributed by atoms with Gasteiger partial charge in [0.2, 0.25) is 0 Å². The van der Waals surface area contributed by atoms with Crippen LogP contribution in [0, 0.1) is 13.8 Å². The number of hydrogen-bond donors (Lipinski definition) is 2. The third-order valence-corrected chi connectivity index (χ3v) is 23.6. The Balaban J connectivity index is 0.000000328. The van der Waals surface area contributed by atoms with E-state index in [1.807, 2.05) is 177 Å². The fourth-order valence-corrected chi connectivity index (χ4v) is 17.1. The number of hydrogen-bond acceptors (Lipinski definition) is 17. The Bertz CT molecular complexity index is 4080. The maximum atomic E-state index is 10.8. The van der Waals surface area contributed by atoms with Crippen LogP contribution in [0.1, 0.15) is 174 Å². The number of aldehydes is 6. The molecule has 0 radical (unpaired) electrons.